The van der Waals surface area contributed by atoms with Gasteiger partial charge in [-0.15, -0.1) is 0 Å². The molecule has 7 aromatic carbocycles. The number of ether oxygens (including phenoxy) is 18. The van der Waals surface area contributed by atoms with Crippen LogP contribution in [0.4, 0.5) is 0 Å². The number of allylic oxidation sites excluding steroid dienone is 3. The van der Waals surface area contributed by atoms with Crippen molar-refractivity contribution in [2.24, 2.45) is 0 Å². The first-order valence-corrected chi connectivity index (χ1v) is 40.0. The third kappa shape index (κ3) is 42.9. The average molecular weight is 1790 g/mol. The van der Waals surface area contributed by atoms with E-state index < -0.39 is 0 Å². The molecule has 0 fully saturated rings. The third-order valence-corrected chi connectivity index (χ3v) is 16.4. The number of pyridine rings is 2. The van der Waals surface area contributed by atoms with E-state index in [0.717, 1.165) is 40.0 Å². The summed E-state index contributed by atoms with van der Waals surface area (Å²) in [5.74, 6) is 1.51. The molecule has 9 rings (SSSR count). The Kier molecular flexibility index (Phi) is 54.7. The van der Waals surface area contributed by atoms with Crippen molar-refractivity contribution in [1.29, 1.82) is 0 Å². The van der Waals surface area contributed by atoms with Gasteiger partial charge in [0.05, 0.1) is 130 Å². The predicted octanol–water partition coefficient (Wildman–Crippen LogP) is 12.2. The minimum atomic E-state index is -0.370. The molecule has 0 aliphatic rings. The maximum Gasteiger partial charge on any atom is 3.00 e. The van der Waals surface area contributed by atoms with Crippen molar-refractivity contribution in [2.75, 3.05) is 198 Å². The van der Waals surface area contributed by atoms with Crippen molar-refractivity contribution in [3.05, 3.63) is 246 Å². The fourth-order valence-corrected chi connectivity index (χ4v) is 10.3. The molecule has 0 spiro atoms. The van der Waals surface area contributed by atoms with Crippen LogP contribution in [0.1, 0.15) is 89.3 Å². The Morgan fingerprint density at radius 3 is 0.608 bits per heavy atom. The molecule has 0 radical (unpaired) electrons. The van der Waals surface area contributed by atoms with Crippen LogP contribution in [0.2, 0.25) is 0 Å². The van der Waals surface area contributed by atoms with Gasteiger partial charge in [-0.1, -0.05) is 77.9 Å². The van der Waals surface area contributed by atoms with Gasteiger partial charge in [-0.25, -0.2) is 0 Å². The Labute approximate surface area is 745 Å². The first-order chi connectivity index (χ1) is 58.4. The van der Waals surface area contributed by atoms with Crippen LogP contribution in [-0.4, -0.2) is 226 Å². The van der Waals surface area contributed by atoms with Gasteiger partial charge in [-0.05, 0) is 198 Å². The molecule has 0 bridgehead atoms. The number of aromatic nitrogens is 2. The Morgan fingerprint density at radius 2 is 0.417 bits per heavy atom. The largest absolute Gasteiger partial charge is 3.00 e. The summed E-state index contributed by atoms with van der Waals surface area (Å²) in [6, 6.07) is 52.0. The monoisotopic (exact) mass is 1790 g/mol. The smallest absolute Gasteiger partial charge is 0.872 e. The molecule has 0 N–H and O–H groups in total. The number of carbonyl (C=O) groups excluding carboxylic acids is 3. The second-order valence-corrected chi connectivity index (χ2v) is 24.9. The topological polar surface area (TPSA) is 312 Å². The van der Waals surface area contributed by atoms with Crippen molar-refractivity contribution in [3.63, 3.8) is 0 Å². The van der Waals surface area contributed by atoms with E-state index in [1.807, 2.05) is 53.7 Å². The standard InChI is InChI=1S/3C27H36O8.C12H8N2.Eu/c3*1-3-30-13-15-32-17-19-34-24-9-5-22(6-10-24)26(28)21-27(29)23-7-11-25(12-8-23)35-20-18-33-16-14-31-4-2;1-3-9-5-6-10-4-2-8-14-12(10)11(9)13-7-1;/h3*5-12,21,28H,3-4,13-20H2,1-2H3;1-8H;/q;;;;+3/p-3/b3*26-21-;;. The van der Waals surface area contributed by atoms with E-state index in [-0.39, 0.29) is 84.0 Å². The van der Waals surface area contributed by atoms with Crippen LogP contribution in [0, 0.1) is 49.4 Å². The molecular weight excluding hydrogens is 1680 g/mol. The van der Waals surface area contributed by atoms with E-state index in [0.29, 0.717) is 266 Å². The van der Waals surface area contributed by atoms with Gasteiger partial charge in [-0.3, -0.25) is 24.4 Å². The van der Waals surface area contributed by atoms with Crippen LogP contribution in [0.3, 0.4) is 0 Å². The summed E-state index contributed by atoms with van der Waals surface area (Å²) in [6.07, 6.45) is 6.87. The van der Waals surface area contributed by atoms with Gasteiger partial charge in [0.1, 0.15) is 74.1 Å². The second kappa shape index (κ2) is 64.7. The van der Waals surface area contributed by atoms with Gasteiger partial charge < -0.3 is 101 Å². The fraction of sp³-hybridized carbons (Fsp3) is 0.387. The molecule has 26 nitrogen and oxygen atoms in total. The second-order valence-electron chi connectivity index (χ2n) is 24.9. The Bertz CT molecular complexity index is 3900. The molecule has 2 heterocycles. The molecule has 0 unspecified atom stereocenters. The van der Waals surface area contributed by atoms with Crippen LogP contribution in [-0.2, 0) is 56.8 Å². The van der Waals surface area contributed by atoms with Crippen molar-refractivity contribution >= 4 is 56.4 Å². The zero-order valence-electron chi connectivity index (χ0n) is 69.5. The number of hydrogen-bond donors (Lipinski definition) is 0. The van der Waals surface area contributed by atoms with Crippen LogP contribution < -0.4 is 43.7 Å². The SMILES string of the molecule is CCOCCOCCOc1ccc(C(=O)/C=C(\[O-])c2ccc(OCCOCCOCC)cc2)cc1.CCOCCOCCOc1ccc(C(=O)/C=C(\[O-])c2ccc(OCCOCCOCC)cc2)cc1.CCOCCOCCOc1ccc(C(=O)/C=C(\[O-])c2ccc(OCCOCCOCC)cc2)cc1.[Eu+3].c1cnc2c(c1)ccc1cccnc12. The molecular formula is C93H113EuN2O24. The molecule has 0 saturated carbocycles. The summed E-state index contributed by atoms with van der Waals surface area (Å²) in [6.45, 7) is 27.2. The molecule has 9 aromatic rings. The summed E-state index contributed by atoms with van der Waals surface area (Å²) in [4.78, 5) is 46.1. The molecule has 0 aliphatic carbocycles. The van der Waals surface area contributed by atoms with E-state index in [1.165, 1.54) is 0 Å². The number of hydrogen-bond acceptors (Lipinski definition) is 26. The summed E-state index contributed by atoms with van der Waals surface area (Å²) < 4.78 is 97.0. The maximum absolute atomic E-state index is 12.5. The summed E-state index contributed by atoms with van der Waals surface area (Å²) in [5, 5.41) is 39.7. The zero-order chi connectivity index (χ0) is 84.8. The van der Waals surface area contributed by atoms with Gasteiger partial charge in [0.25, 0.3) is 0 Å². The van der Waals surface area contributed by atoms with Gasteiger partial charge in [0.2, 0.25) is 0 Å². The summed E-state index contributed by atoms with van der Waals surface area (Å²) in [7, 11) is 0. The van der Waals surface area contributed by atoms with Crippen LogP contribution in [0.25, 0.3) is 39.1 Å². The third-order valence-electron chi connectivity index (χ3n) is 16.4. The molecule has 0 aliphatic heterocycles. The van der Waals surface area contributed by atoms with Gasteiger partial charge >= 0.3 is 49.4 Å². The van der Waals surface area contributed by atoms with Crippen LogP contribution in [0.15, 0.2) is 213 Å². The van der Waals surface area contributed by atoms with E-state index in [4.69, 9.17) is 85.3 Å². The number of carbonyl (C=O) groups is 3. The number of nitrogens with zero attached hydrogens (tertiary/aromatic N) is 2. The molecule has 0 atom stereocenters. The Hall–Kier alpha value is -9.11. The van der Waals surface area contributed by atoms with Gasteiger partial charge in [0.15, 0.2) is 17.3 Å². The van der Waals surface area contributed by atoms with Crippen molar-refractivity contribution < 1.29 is 164 Å². The Morgan fingerprint density at radius 1 is 0.242 bits per heavy atom. The van der Waals surface area contributed by atoms with E-state index in [9.17, 15) is 29.7 Å². The van der Waals surface area contributed by atoms with Crippen molar-refractivity contribution in [3.8, 4) is 34.5 Å². The van der Waals surface area contributed by atoms with Crippen molar-refractivity contribution in [1.82, 2.24) is 9.97 Å². The van der Waals surface area contributed by atoms with Crippen LogP contribution >= 0.6 is 0 Å². The quantitative estimate of drug-likeness (QED) is 0.0112. The van der Waals surface area contributed by atoms with Gasteiger partial charge in [-0.2, -0.15) is 0 Å². The maximum atomic E-state index is 12.5. The van der Waals surface area contributed by atoms with E-state index in [2.05, 4.69) is 34.2 Å². The first kappa shape index (κ1) is 101. The molecule has 646 valence electrons. The first-order valence-electron chi connectivity index (χ1n) is 40.0. The number of fused-ring (bicyclic) bond motifs is 3. The van der Waals surface area contributed by atoms with Crippen LogP contribution in [0.5, 0.6) is 34.5 Å². The fourth-order valence-electron chi connectivity index (χ4n) is 10.3. The van der Waals surface area contributed by atoms with E-state index in [1.54, 1.807) is 158 Å². The number of benzene rings is 7. The molecule has 27 heteroatoms. The number of rotatable bonds is 57. The minimum absolute atomic E-state index is 0. The minimum Gasteiger partial charge on any atom is -0.872 e. The van der Waals surface area contributed by atoms with Gasteiger partial charge in [0, 0.05) is 79.5 Å². The molecule has 0 amide bonds. The van der Waals surface area contributed by atoms with Crippen molar-refractivity contribution in [2.45, 2.75) is 41.5 Å². The normalized spacial score (nSPS) is 11.3. The molecule has 0 saturated heterocycles. The zero-order valence-corrected chi connectivity index (χ0v) is 71.9. The summed E-state index contributed by atoms with van der Waals surface area (Å²) >= 11 is 0. The average Bonchev–Trinajstić information content (AvgIpc) is 0.789. The molecule has 2 aromatic heterocycles. The predicted molar refractivity (Wildman–Crippen MR) is 449 cm³/mol. The molecule has 120 heavy (non-hydrogen) atoms. The Balaban J connectivity index is 0.000000294. The summed E-state index contributed by atoms with van der Waals surface area (Å²) in [5.41, 5.74) is 4.39. The van der Waals surface area contributed by atoms with E-state index >= 15 is 0 Å². The number of ketones is 3.